The molecule has 0 radical (unpaired) electrons. The zero-order valence-electron chi connectivity index (χ0n) is 13.5. The number of ether oxygens (including phenoxy) is 1. The molecule has 3 rings (SSSR count). The van der Waals surface area contributed by atoms with E-state index in [2.05, 4.69) is 27.7 Å². The van der Waals surface area contributed by atoms with E-state index in [1.807, 2.05) is 38.1 Å². The largest absolute Gasteiger partial charge is 0.444 e. The summed E-state index contributed by atoms with van der Waals surface area (Å²) in [5, 5.41) is 0. The molecule has 2 aromatic rings. The van der Waals surface area contributed by atoms with Crippen molar-refractivity contribution in [1.82, 2.24) is 14.3 Å². The average molecular weight is 301 g/mol. The lowest BCUT2D eigenvalue weighted by atomic mass is 9.90. The Hall–Kier alpha value is -2.04. The van der Waals surface area contributed by atoms with Gasteiger partial charge >= 0.3 is 6.09 Å². The van der Waals surface area contributed by atoms with Crippen LogP contribution in [0.15, 0.2) is 30.7 Å². The summed E-state index contributed by atoms with van der Waals surface area (Å²) < 4.78 is 7.49. The van der Waals surface area contributed by atoms with Gasteiger partial charge in [0.15, 0.2) is 0 Å². The van der Waals surface area contributed by atoms with Gasteiger partial charge in [-0.2, -0.15) is 0 Å². The molecule has 0 spiro atoms. The molecule has 0 aliphatic carbocycles. The molecule has 2 aromatic heterocycles. The Balaban J connectivity index is 1.62. The third kappa shape index (κ3) is 3.24. The van der Waals surface area contributed by atoms with Crippen molar-refractivity contribution >= 4 is 11.7 Å². The molecule has 1 amide bonds. The highest BCUT2D eigenvalue weighted by Crippen LogP contribution is 2.28. The first-order chi connectivity index (χ1) is 10.4. The van der Waals surface area contributed by atoms with E-state index in [0.717, 1.165) is 31.6 Å². The van der Waals surface area contributed by atoms with E-state index in [1.54, 1.807) is 0 Å². The molecule has 1 aliphatic heterocycles. The average Bonchev–Trinajstić information content (AvgIpc) is 2.93. The number of nitrogens with zero attached hydrogens (tertiary/aromatic N) is 3. The van der Waals surface area contributed by atoms with E-state index in [9.17, 15) is 4.79 Å². The fourth-order valence-electron chi connectivity index (χ4n) is 2.90. The highest BCUT2D eigenvalue weighted by molar-refractivity contribution is 5.68. The first-order valence-corrected chi connectivity index (χ1v) is 7.83. The molecular formula is C17H23N3O2. The van der Waals surface area contributed by atoms with E-state index in [1.165, 1.54) is 5.56 Å². The minimum absolute atomic E-state index is 0.198. The SMILES string of the molecule is CC(C)(C)OC(=O)N1CCC(c2ccc3nccn3c2)CC1. The van der Waals surface area contributed by atoms with Crippen molar-refractivity contribution in [2.75, 3.05) is 13.1 Å². The third-order valence-electron chi connectivity index (χ3n) is 4.03. The lowest BCUT2D eigenvalue weighted by Crippen LogP contribution is -2.41. The minimum Gasteiger partial charge on any atom is -0.444 e. The predicted molar refractivity (Wildman–Crippen MR) is 85.0 cm³/mol. The van der Waals surface area contributed by atoms with Crippen molar-refractivity contribution in [2.24, 2.45) is 0 Å². The number of carbonyl (C=O) groups excluding carboxylic acids is 1. The predicted octanol–water partition coefficient (Wildman–Crippen LogP) is 3.45. The summed E-state index contributed by atoms with van der Waals surface area (Å²) in [4.78, 5) is 18.2. The molecule has 0 N–H and O–H groups in total. The Labute approximate surface area is 130 Å². The van der Waals surface area contributed by atoms with Gasteiger partial charge in [-0.15, -0.1) is 0 Å². The number of likely N-dealkylation sites (tertiary alicyclic amines) is 1. The number of amides is 1. The summed E-state index contributed by atoms with van der Waals surface area (Å²) in [5.74, 6) is 0.491. The maximum Gasteiger partial charge on any atom is 0.410 e. The summed E-state index contributed by atoms with van der Waals surface area (Å²) in [5.41, 5.74) is 1.85. The Morgan fingerprint density at radius 2 is 2.00 bits per heavy atom. The maximum atomic E-state index is 12.1. The van der Waals surface area contributed by atoms with E-state index in [-0.39, 0.29) is 6.09 Å². The molecule has 1 fully saturated rings. The standard InChI is InChI=1S/C17H23N3O2/c1-17(2,3)22-16(21)19-9-6-13(7-10-19)14-4-5-15-18-8-11-20(15)12-14/h4-5,8,11-13H,6-7,9-10H2,1-3H3. The Kier molecular flexibility index (Phi) is 3.81. The molecule has 3 heterocycles. The van der Waals surface area contributed by atoms with Crippen molar-refractivity contribution in [3.8, 4) is 0 Å². The van der Waals surface area contributed by atoms with Gasteiger partial charge in [0.1, 0.15) is 11.2 Å². The zero-order valence-corrected chi connectivity index (χ0v) is 13.5. The van der Waals surface area contributed by atoms with Crippen LogP contribution in [-0.2, 0) is 4.74 Å². The van der Waals surface area contributed by atoms with Crippen LogP contribution < -0.4 is 0 Å². The Bertz CT molecular complexity index is 664. The summed E-state index contributed by atoms with van der Waals surface area (Å²) in [6.45, 7) is 7.21. The molecule has 0 saturated carbocycles. The molecule has 1 aliphatic rings. The zero-order chi connectivity index (χ0) is 15.7. The lowest BCUT2D eigenvalue weighted by Gasteiger charge is -2.33. The lowest BCUT2D eigenvalue weighted by molar-refractivity contribution is 0.0205. The molecule has 0 aromatic carbocycles. The molecule has 0 bridgehead atoms. The number of rotatable bonds is 1. The minimum atomic E-state index is -0.430. The second kappa shape index (κ2) is 5.63. The number of imidazole rings is 1. The van der Waals surface area contributed by atoms with Crippen LogP contribution in [0.1, 0.15) is 45.1 Å². The topological polar surface area (TPSA) is 46.8 Å². The number of aromatic nitrogens is 2. The number of carbonyl (C=O) groups is 1. The van der Waals surface area contributed by atoms with Crippen molar-refractivity contribution < 1.29 is 9.53 Å². The van der Waals surface area contributed by atoms with Crippen LogP contribution in [0.25, 0.3) is 5.65 Å². The molecule has 118 valence electrons. The van der Waals surface area contributed by atoms with Gasteiger partial charge in [0.25, 0.3) is 0 Å². The normalized spacial score (nSPS) is 17.0. The van der Waals surface area contributed by atoms with Crippen LogP contribution in [0.5, 0.6) is 0 Å². The highest BCUT2D eigenvalue weighted by atomic mass is 16.6. The van der Waals surface area contributed by atoms with Gasteiger partial charge in [-0.05, 0) is 51.2 Å². The van der Waals surface area contributed by atoms with Crippen molar-refractivity contribution in [2.45, 2.75) is 45.1 Å². The number of piperidine rings is 1. The smallest absolute Gasteiger partial charge is 0.410 e. The van der Waals surface area contributed by atoms with Crippen molar-refractivity contribution in [3.05, 3.63) is 36.3 Å². The summed E-state index contributed by atoms with van der Waals surface area (Å²) in [6.07, 6.45) is 7.67. The molecule has 22 heavy (non-hydrogen) atoms. The van der Waals surface area contributed by atoms with E-state index < -0.39 is 5.60 Å². The third-order valence-corrected chi connectivity index (χ3v) is 4.03. The van der Waals surface area contributed by atoms with Crippen LogP contribution in [0.2, 0.25) is 0 Å². The van der Waals surface area contributed by atoms with Crippen molar-refractivity contribution in [3.63, 3.8) is 0 Å². The molecule has 0 atom stereocenters. The van der Waals surface area contributed by atoms with Gasteiger partial charge in [-0.1, -0.05) is 6.07 Å². The van der Waals surface area contributed by atoms with Gasteiger partial charge in [-0.25, -0.2) is 9.78 Å². The summed E-state index contributed by atoms with van der Waals surface area (Å²) >= 11 is 0. The highest BCUT2D eigenvalue weighted by Gasteiger charge is 2.27. The molecule has 5 nitrogen and oxygen atoms in total. The van der Waals surface area contributed by atoms with Crippen LogP contribution in [0.4, 0.5) is 4.79 Å². The van der Waals surface area contributed by atoms with E-state index in [4.69, 9.17) is 4.74 Å². The van der Waals surface area contributed by atoms with Gasteiger partial charge in [-0.3, -0.25) is 0 Å². The van der Waals surface area contributed by atoms with E-state index in [0.29, 0.717) is 5.92 Å². The number of hydrogen-bond donors (Lipinski definition) is 0. The van der Waals surface area contributed by atoms with Crippen molar-refractivity contribution in [1.29, 1.82) is 0 Å². The van der Waals surface area contributed by atoms with Gasteiger partial charge in [0.2, 0.25) is 0 Å². The molecule has 5 heteroatoms. The first-order valence-electron chi connectivity index (χ1n) is 7.83. The number of hydrogen-bond acceptors (Lipinski definition) is 3. The van der Waals surface area contributed by atoms with Crippen LogP contribution >= 0.6 is 0 Å². The Morgan fingerprint density at radius 3 is 2.68 bits per heavy atom. The number of fused-ring (bicyclic) bond motifs is 1. The fourth-order valence-corrected chi connectivity index (χ4v) is 2.90. The second-order valence-corrected chi connectivity index (χ2v) is 6.90. The Morgan fingerprint density at radius 1 is 1.27 bits per heavy atom. The van der Waals surface area contributed by atoms with E-state index >= 15 is 0 Å². The van der Waals surface area contributed by atoms with Gasteiger partial charge < -0.3 is 14.0 Å². The van der Waals surface area contributed by atoms with Crippen LogP contribution in [-0.4, -0.2) is 39.1 Å². The summed E-state index contributed by atoms with van der Waals surface area (Å²) in [7, 11) is 0. The quantitative estimate of drug-likeness (QED) is 0.810. The maximum absolute atomic E-state index is 12.1. The number of pyridine rings is 1. The van der Waals surface area contributed by atoms with Crippen LogP contribution in [0.3, 0.4) is 0 Å². The molecule has 0 unspecified atom stereocenters. The second-order valence-electron chi connectivity index (χ2n) is 6.90. The molecular weight excluding hydrogens is 278 g/mol. The summed E-state index contributed by atoms with van der Waals surface area (Å²) in [6, 6.07) is 4.20. The first kappa shape index (κ1) is 14.9. The van der Waals surface area contributed by atoms with Crippen LogP contribution in [0, 0.1) is 0 Å². The monoisotopic (exact) mass is 301 g/mol. The van der Waals surface area contributed by atoms with Gasteiger partial charge in [0, 0.05) is 31.7 Å². The van der Waals surface area contributed by atoms with Gasteiger partial charge in [0.05, 0.1) is 0 Å². The fraction of sp³-hybridized carbons (Fsp3) is 0.529. The molecule has 1 saturated heterocycles.